The van der Waals surface area contributed by atoms with E-state index >= 15 is 0 Å². The van der Waals surface area contributed by atoms with Gasteiger partial charge in [0.05, 0.1) is 12.5 Å². The van der Waals surface area contributed by atoms with Crippen molar-refractivity contribution in [2.24, 2.45) is 5.73 Å². The second-order valence-electron chi connectivity index (χ2n) is 3.09. The lowest BCUT2D eigenvalue weighted by atomic mass is 10.1. The molecular weight excluding hydrogens is 190 g/mol. The fourth-order valence-electron chi connectivity index (χ4n) is 1.16. The molecule has 1 rings (SSSR count). The normalized spacial score (nSPS) is 11.5. The molecule has 4 heteroatoms. The summed E-state index contributed by atoms with van der Waals surface area (Å²) in [5, 5.41) is 10.9. The molecule has 0 aliphatic rings. The van der Waals surface area contributed by atoms with Crippen LogP contribution in [0.1, 0.15) is 18.0 Å². The molecule has 0 bridgehead atoms. The van der Waals surface area contributed by atoms with Gasteiger partial charge in [0.1, 0.15) is 6.04 Å². The molecule has 78 valence electrons. The molecule has 1 aromatic carbocycles. The van der Waals surface area contributed by atoms with E-state index in [1.165, 1.54) is 0 Å². The zero-order chi connectivity index (χ0) is 11.1. The fraction of sp³-hybridized carbons (Fsp3) is 0.273. The van der Waals surface area contributed by atoms with E-state index in [0.717, 1.165) is 5.56 Å². The maximum Gasteiger partial charge on any atom is 0.241 e. The first-order valence-electron chi connectivity index (χ1n) is 4.71. The van der Waals surface area contributed by atoms with Crippen LogP contribution < -0.4 is 11.1 Å². The molecule has 4 nitrogen and oxygen atoms in total. The number of nitriles is 1. The molecular formula is C11H13N3O. The van der Waals surface area contributed by atoms with Crippen molar-refractivity contribution < 1.29 is 4.79 Å². The number of nitrogens with zero attached hydrogens (tertiary/aromatic N) is 1. The topological polar surface area (TPSA) is 78.9 Å². The first-order valence-corrected chi connectivity index (χ1v) is 4.71. The van der Waals surface area contributed by atoms with Crippen molar-refractivity contribution in [3.05, 3.63) is 35.9 Å². The van der Waals surface area contributed by atoms with Gasteiger partial charge in [0.2, 0.25) is 5.91 Å². The van der Waals surface area contributed by atoms with E-state index in [9.17, 15) is 4.79 Å². The number of hydrogen-bond acceptors (Lipinski definition) is 3. The van der Waals surface area contributed by atoms with Gasteiger partial charge in [-0.25, -0.2) is 0 Å². The summed E-state index contributed by atoms with van der Waals surface area (Å²) in [7, 11) is 0. The van der Waals surface area contributed by atoms with Crippen LogP contribution in [0.3, 0.4) is 0 Å². The van der Waals surface area contributed by atoms with E-state index in [1.807, 2.05) is 24.3 Å². The molecule has 0 aliphatic heterocycles. The van der Waals surface area contributed by atoms with Crippen LogP contribution in [0, 0.1) is 11.3 Å². The molecule has 0 saturated carbocycles. The average molecular weight is 203 g/mol. The van der Waals surface area contributed by atoms with E-state index in [-0.39, 0.29) is 5.91 Å². The lowest BCUT2D eigenvalue weighted by Crippen LogP contribution is -2.34. The lowest BCUT2D eigenvalue weighted by Gasteiger charge is -2.11. The third-order valence-corrected chi connectivity index (χ3v) is 1.98. The Morgan fingerprint density at radius 2 is 2.13 bits per heavy atom. The van der Waals surface area contributed by atoms with Gasteiger partial charge in [-0.2, -0.15) is 5.26 Å². The summed E-state index contributed by atoms with van der Waals surface area (Å²) in [6.07, 6.45) is 0.299. The van der Waals surface area contributed by atoms with Gasteiger partial charge in [-0.05, 0) is 5.56 Å². The summed E-state index contributed by atoms with van der Waals surface area (Å²) in [5.74, 6) is -0.253. The summed E-state index contributed by atoms with van der Waals surface area (Å²) < 4.78 is 0. The van der Waals surface area contributed by atoms with Crippen LogP contribution in [-0.4, -0.2) is 12.5 Å². The van der Waals surface area contributed by atoms with Crippen molar-refractivity contribution in [3.8, 4) is 6.07 Å². The Hall–Kier alpha value is -1.86. The fourth-order valence-corrected chi connectivity index (χ4v) is 1.16. The number of hydrogen-bond donors (Lipinski definition) is 2. The van der Waals surface area contributed by atoms with Crippen molar-refractivity contribution in [1.82, 2.24) is 5.32 Å². The number of rotatable bonds is 4. The SMILES string of the molecule is N#CCCNC(=O)[C@H](N)c1ccccc1. The summed E-state index contributed by atoms with van der Waals surface area (Å²) >= 11 is 0. The molecule has 0 spiro atoms. The summed E-state index contributed by atoms with van der Waals surface area (Å²) in [6, 6.07) is 10.4. The molecule has 1 atom stereocenters. The molecule has 3 N–H and O–H groups in total. The highest BCUT2D eigenvalue weighted by Gasteiger charge is 2.13. The Morgan fingerprint density at radius 3 is 2.73 bits per heavy atom. The van der Waals surface area contributed by atoms with Gasteiger partial charge in [0, 0.05) is 6.54 Å². The minimum atomic E-state index is -0.662. The molecule has 1 aromatic rings. The third-order valence-electron chi connectivity index (χ3n) is 1.98. The Balaban J connectivity index is 2.51. The minimum absolute atomic E-state index is 0.253. The van der Waals surface area contributed by atoms with Crippen LogP contribution >= 0.6 is 0 Å². The van der Waals surface area contributed by atoms with Crippen molar-refractivity contribution in [3.63, 3.8) is 0 Å². The van der Waals surface area contributed by atoms with Crippen molar-refractivity contribution in [2.75, 3.05) is 6.54 Å². The quantitative estimate of drug-likeness (QED) is 0.707. The van der Waals surface area contributed by atoms with Crippen LogP contribution in [0.15, 0.2) is 30.3 Å². The van der Waals surface area contributed by atoms with E-state index < -0.39 is 6.04 Å². The van der Waals surface area contributed by atoms with Crippen LogP contribution in [0.25, 0.3) is 0 Å². The molecule has 15 heavy (non-hydrogen) atoms. The highest BCUT2D eigenvalue weighted by molar-refractivity contribution is 5.82. The average Bonchev–Trinajstić information content (AvgIpc) is 2.29. The number of carbonyl (C=O) groups is 1. The Morgan fingerprint density at radius 1 is 1.47 bits per heavy atom. The third kappa shape index (κ3) is 3.41. The van der Waals surface area contributed by atoms with Crippen molar-refractivity contribution >= 4 is 5.91 Å². The van der Waals surface area contributed by atoms with Gasteiger partial charge in [-0.15, -0.1) is 0 Å². The van der Waals surface area contributed by atoms with E-state index in [1.54, 1.807) is 12.1 Å². The maximum absolute atomic E-state index is 11.5. The minimum Gasteiger partial charge on any atom is -0.353 e. The molecule has 0 radical (unpaired) electrons. The zero-order valence-corrected chi connectivity index (χ0v) is 8.31. The van der Waals surface area contributed by atoms with Crippen molar-refractivity contribution in [1.29, 1.82) is 5.26 Å². The number of nitrogens with two attached hydrogens (primary N) is 1. The molecule has 0 unspecified atom stereocenters. The number of nitrogens with one attached hydrogen (secondary N) is 1. The lowest BCUT2D eigenvalue weighted by molar-refractivity contribution is -0.122. The molecule has 0 fully saturated rings. The predicted octanol–water partition coefficient (Wildman–Crippen LogP) is 0.716. The summed E-state index contributed by atoms with van der Waals surface area (Å²) in [6.45, 7) is 0.343. The zero-order valence-electron chi connectivity index (χ0n) is 8.31. The summed E-state index contributed by atoms with van der Waals surface area (Å²) in [4.78, 5) is 11.5. The van der Waals surface area contributed by atoms with E-state index in [4.69, 9.17) is 11.0 Å². The first-order chi connectivity index (χ1) is 7.25. The summed E-state index contributed by atoms with van der Waals surface area (Å²) in [5.41, 5.74) is 6.50. The van der Waals surface area contributed by atoms with Crippen LogP contribution in [0.5, 0.6) is 0 Å². The van der Waals surface area contributed by atoms with Crippen molar-refractivity contribution in [2.45, 2.75) is 12.5 Å². The second-order valence-corrected chi connectivity index (χ2v) is 3.09. The molecule has 0 saturated heterocycles. The van der Waals surface area contributed by atoms with Gasteiger partial charge < -0.3 is 11.1 Å². The maximum atomic E-state index is 11.5. The van der Waals surface area contributed by atoms with E-state index in [2.05, 4.69) is 5.32 Å². The molecule has 0 aromatic heterocycles. The number of benzene rings is 1. The predicted molar refractivity (Wildman–Crippen MR) is 56.6 cm³/mol. The Bertz CT molecular complexity index is 356. The van der Waals surface area contributed by atoms with Gasteiger partial charge in [0.25, 0.3) is 0 Å². The molecule has 0 aliphatic carbocycles. The Kier molecular flexibility index (Phi) is 4.32. The second kappa shape index (κ2) is 5.78. The highest BCUT2D eigenvalue weighted by atomic mass is 16.2. The highest BCUT2D eigenvalue weighted by Crippen LogP contribution is 2.08. The monoisotopic (exact) mass is 203 g/mol. The standard InChI is InChI=1S/C11H13N3O/c12-7-4-8-14-11(15)10(13)9-5-2-1-3-6-9/h1-3,5-6,10H,4,8,13H2,(H,14,15)/t10-/m1/s1. The van der Waals surface area contributed by atoms with Gasteiger partial charge in [-0.1, -0.05) is 30.3 Å². The van der Waals surface area contributed by atoms with Crippen LogP contribution in [-0.2, 0) is 4.79 Å². The smallest absolute Gasteiger partial charge is 0.241 e. The van der Waals surface area contributed by atoms with Crippen LogP contribution in [0.2, 0.25) is 0 Å². The van der Waals surface area contributed by atoms with Gasteiger partial charge in [0.15, 0.2) is 0 Å². The first kappa shape index (κ1) is 11.2. The van der Waals surface area contributed by atoms with Crippen LogP contribution in [0.4, 0.5) is 0 Å². The van der Waals surface area contributed by atoms with Gasteiger partial charge in [-0.3, -0.25) is 4.79 Å². The Labute approximate surface area is 88.7 Å². The number of carbonyl (C=O) groups excluding carboxylic acids is 1. The molecule has 0 heterocycles. The van der Waals surface area contributed by atoms with Gasteiger partial charge >= 0.3 is 0 Å². The van der Waals surface area contributed by atoms with E-state index in [0.29, 0.717) is 13.0 Å². The molecule has 1 amide bonds. The largest absolute Gasteiger partial charge is 0.353 e. The number of amides is 1.